The van der Waals surface area contributed by atoms with Crippen LogP contribution in [0.3, 0.4) is 0 Å². The second-order valence-corrected chi connectivity index (χ2v) is 7.56. The Balaban J connectivity index is 1.45. The van der Waals surface area contributed by atoms with Gasteiger partial charge >= 0.3 is 0 Å². The third-order valence-electron chi connectivity index (χ3n) is 5.50. The quantitative estimate of drug-likeness (QED) is 0.474. The van der Waals surface area contributed by atoms with Crippen LogP contribution in [0.5, 0.6) is 0 Å². The number of likely N-dealkylation sites (tertiary alicyclic amines) is 1. The normalized spacial score (nSPS) is 19.3. The summed E-state index contributed by atoms with van der Waals surface area (Å²) in [7, 11) is 2.35. The van der Waals surface area contributed by atoms with Crippen LogP contribution in [-0.4, -0.2) is 56.7 Å². The summed E-state index contributed by atoms with van der Waals surface area (Å²) in [6.07, 6.45) is 5.91. The molecule has 1 fully saturated rings. The minimum atomic E-state index is 0.156. The molecular weight excluding hydrogens is 300 g/mol. The van der Waals surface area contributed by atoms with Gasteiger partial charge in [0.1, 0.15) is 0 Å². The highest BCUT2D eigenvalue weighted by atomic mass is 16.2. The molecule has 132 valence electrons. The SMILES string of the molecule is C[N+]1(CCCNCC(=O)N2CCCc3ccc(N)cc32)CCCC1. The third-order valence-corrected chi connectivity index (χ3v) is 5.50. The first-order valence-corrected chi connectivity index (χ1v) is 9.30. The summed E-state index contributed by atoms with van der Waals surface area (Å²) in [5, 5.41) is 3.34. The zero-order valence-electron chi connectivity index (χ0n) is 14.9. The summed E-state index contributed by atoms with van der Waals surface area (Å²) in [6, 6.07) is 5.91. The molecule has 1 aromatic rings. The Bertz CT molecular complexity index is 581. The Morgan fingerprint density at radius 1 is 1.29 bits per heavy atom. The van der Waals surface area contributed by atoms with Crippen LogP contribution < -0.4 is 16.0 Å². The van der Waals surface area contributed by atoms with E-state index in [4.69, 9.17) is 5.73 Å². The lowest BCUT2D eigenvalue weighted by Crippen LogP contribution is -2.44. The number of amides is 1. The lowest BCUT2D eigenvalue weighted by Gasteiger charge is -2.30. The van der Waals surface area contributed by atoms with E-state index >= 15 is 0 Å². The highest BCUT2D eigenvalue weighted by molar-refractivity contribution is 5.96. The summed E-state index contributed by atoms with van der Waals surface area (Å²) in [5.41, 5.74) is 8.86. The number of hydrogen-bond donors (Lipinski definition) is 2. The van der Waals surface area contributed by atoms with Gasteiger partial charge in [0.25, 0.3) is 0 Å². The van der Waals surface area contributed by atoms with Crippen molar-refractivity contribution in [3.63, 3.8) is 0 Å². The van der Waals surface area contributed by atoms with E-state index in [1.54, 1.807) is 0 Å². The van der Waals surface area contributed by atoms with Gasteiger partial charge < -0.3 is 20.4 Å². The van der Waals surface area contributed by atoms with E-state index in [-0.39, 0.29) is 5.91 Å². The minimum Gasteiger partial charge on any atom is -0.399 e. The van der Waals surface area contributed by atoms with Crippen LogP contribution in [0.2, 0.25) is 0 Å². The lowest BCUT2D eigenvalue weighted by atomic mass is 10.0. The van der Waals surface area contributed by atoms with Crippen molar-refractivity contribution in [1.29, 1.82) is 0 Å². The van der Waals surface area contributed by atoms with Gasteiger partial charge in [-0.15, -0.1) is 0 Å². The summed E-state index contributed by atoms with van der Waals surface area (Å²) >= 11 is 0. The van der Waals surface area contributed by atoms with Crippen molar-refractivity contribution in [1.82, 2.24) is 5.32 Å². The fourth-order valence-corrected chi connectivity index (χ4v) is 4.05. The standard InChI is InChI=1S/C19H31N4O/c1-23(11-2-3-12-23)13-5-9-21-15-19(24)22-10-4-6-16-7-8-17(20)14-18(16)22/h7-8,14,21H,2-6,9-13,15,20H2,1H3/q+1. The van der Waals surface area contributed by atoms with Gasteiger partial charge in [-0.2, -0.15) is 0 Å². The zero-order chi connectivity index (χ0) is 17.0. The number of nitrogens with one attached hydrogen (secondary N) is 1. The Kier molecular flexibility index (Phi) is 5.41. The molecule has 0 radical (unpaired) electrons. The van der Waals surface area contributed by atoms with Gasteiger partial charge in [0.2, 0.25) is 5.91 Å². The molecule has 0 bridgehead atoms. The predicted octanol–water partition coefficient (Wildman–Crippen LogP) is 1.77. The molecule has 2 heterocycles. The van der Waals surface area contributed by atoms with Crippen molar-refractivity contribution < 1.29 is 9.28 Å². The summed E-state index contributed by atoms with van der Waals surface area (Å²) in [5.74, 6) is 0.156. The van der Waals surface area contributed by atoms with Gasteiger partial charge in [0, 0.05) is 43.7 Å². The first-order valence-electron chi connectivity index (χ1n) is 9.30. The molecule has 0 aromatic heterocycles. The first-order chi connectivity index (χ1) is 11.6. The molecule has 0 aliphatic carbocycles. The van der Waals surface area contributed by atoms with Crippen molar-refractivity contribution in [3.05, 3.63) is 23.8 Å². The maximum atomic E-state index is 12.6. The maximum absolute atomic E-state index is 12.6. The highest BCUT2D eigenvalue weighted by Crippen LogP contribution is 2.29. The van der Waals surface area contributed by atoms with E-state index in [1.807, 2.05) is 17.0 Å². The molecule has 3 rings (SSSR count). The van der Waals surface area contributed by atoms with E-state index in [0.29, 0.717) is 6.54 Å². The highest BCUT2D eigenvalue weighted by Gasteiger charge is 2.26. The van der Waals surface area contributed by atoms with Crippen LogP contribution >= 0.6 is 0 Å². The molecule has 1 amide bonds. The summed E-state index contributed by atoms with van der Waals surface area (Å²) in [4.78, 5) is 14.5. The molecule has 2 aliphatic heterocycles. The lowest BCUT2D eigenvalue weighted by molar-refractivity contribution is -0.897. The number of nitrogen functional groups attached to an aromatic ring is 1. The number of quaternary nitrogens is 1. The molecule has 0 saturated carbocycles. The molecule has 2 aliphatic rings. The molecule has 1 saturated heterocycles. The fraction of sp³-hybridized carbons (Fsp3) is 0.632. The van der Waals surface area contributed by atoms with E-state index in [2.05, 4.69) is 18.4 Å². The largest absolute Gasteiger partial charge is 0.399 e. The van der Waals surface area contributed by atoms with Gasteiger partial charge in [-0.1, -0.05) is 6.07 Å². The van der Waals surface area contributed by atoms with E-state index in [0.717, 1.165) is 43.7 Å². The van der Waals surface area contributed by atoms with Gasteiger partial charge in [0.05, 0.1) is 33.2 Å². The van der Waals surface area contributed by atoms with E-state index < -0.39 is 0 Å². The van der Waals surface area contributed by atoms with Crippen molar-refractivity contribution in [2.45, 2.75) is 32.1 Å². The van der Waals surface area contributed by atoms with Crippen LogP contribution in [0.25, 0.3) is 0 Å². The number of carbonyl (C=O) groups excluding carboxylic acids is 1. The topological polar surface area (TPSA) is 58.4 Å². The molecule has 0 unspecified atom stereocenters. The van der Waals surface area contributed by atoms with Crippen molar-refractivity contribution in [3.8, 4) is 0 Å². The molecule has 5 heteroatoms. The van der Waals surface area contributed by atoms with Gasteiger partial charge in [-0.05, 0) is 30.5 Å². The van der Waals surface area contributed by atoms with Crippen molar-refractivity contribution >= 4 is 17.3 Å². The maximum Gasteiger partial charge on any atom is 0.240 e. The number of carbonyl (C=O) groups is 1. The van der Waals surface area contributed by atoms with Crippen LogP contribution in [-0.2, 0) is 11.2 Å². The third kappa shape index (κ3) is 4.08. The average molecular weight is 331 g/mol. The number of nitrogens with zero attached hydrogens (tertiary/aromatic N) is 2. The van der Waals surface area contributed by atoms with E-state index in [9.17, 15) is 4.79 Å². The van der Waals surface area contributed by atoms with Gasteiger partial charge in [0.15, 0.2) is 0 Å². The van der Waals surface area contributed by atoms with E-state index in [1.165, 1.54) is 42.5 Å². The molecular formula is C19H31N4O+. The van der Waals surface area contributed by atoms with Crippen molar-refractivity contribution in [2.75, 3.05) is 56.9 Å². The molecule has 0 atom stereocenters. The fourth-order valence-electron chi connectivity index (χ4n) is 4.05. The number of rotatable bonds is 6. The average Bonchev–Trinajstić information content (AvgIpc) is 3.00. The van der Waals surface area contributed by atoms with Crippen LogP contribution in [0.4, 0.5) is 11.4 Å². The predicted molar refractivity (Wildman–Crippen MR) is 99.0 cm³/mol. The Morgan fingerprint density at radius 2 is 2.08 bits per heavy atom. The number of nitrogens with two attached hydrogens (primary N) is 1. The van der Waals surface area contributed by atoms with Crippen molar-refractivity contribution in [2.24, 2.45) is 0 Å². The Labute approximate surface area is 145 Å². The molecule has 24 heavy (non-hydrogen) atoms. The second kappa shape index (κ2) is 7.53. The number of benzene rings is 1. The Hall–Kier alpha value is -1.59. The molecule has 0 spiro atoms. The molecule has 3 N–H and O–H groups in total. The number of aryl methyl sites for hydroxylation is 1. The van der Waals surface area contributed by atoms with Gasteiger partial charge in [-0.3, -0.25) is 4.79 Å². The Morgan fingerprint density at radius 3 is 2.88 bits per heavy atom. The number of anilines is 2. The second-order valence-electron chi connectivity index (χ2n) is 7.56. The number of fused-ring (bicyclic) bond motifs is 1. The molecule has 1 aromatic carbocycles. The minimum absolute atomic E-state index is 0.156. The summed E-state index contributed by atoms with van der Waals surface area (Å²) in [6.45, 7) is 5.96. The zero-order valence-corrected chi connectivity index (χ0v) is 14.9. The first kappa shape index (κ1) is 17.2. The smallest absolute Gasteiger partial charge is 0.240 e. The van der Waals surface area contributed by atoms with Crippen LogP contribution in [0, 0.1) is 0 Å². The monoisotopic (exact) mass is 331 g/mol. The van der Waals surface area contributed by atoms with Crippen LogP contribution in [0.15, 0.2) is 18.2 Å². The van der Waals surface area contributed by atoms with Gasteiger partial charge in [-0.25, -0.2) is 0 Å². The summed E-state index contributed by atoms with van der Waals surface area (Å²) < 4.78 is 1.20. The van der Waals surface area contributed by atoms with Crippen LogP contribution in [0.1, 0.15) is 31.2 Å². The number of hydrogen-bond acceptors (Lipinski definition) is 3. The molecule has 5 nitrogen and oxygen atoms in total.